The summed E-state index contributed by atoms with van der Waals surface area (Å²) in [7, 11) is 0. The highest BCUT2D eigenvalue weighted by Crippen LogP contribution is 2.34. The van der Waals surface area contributed by atoms with Crippen molar-refractivity contribution < 1.29 is 14.3 Å². The molecule has 0 spiro atoms. The zero-order valence-corrected chi connectivity index (χ0v) is 23.5. The van der Waals surface area contributed by atoms with Gasteiger partial charge in [0.05, 0.1) is 22.4 Å². The first-order valence-corrected chi connectivity index (χ1v) is 13.8. The number of ether oxygens (including phenoxy) is 2. The maximum Gasteiger partial charge on any atom is 0.338 e. The number of thiazole rings is 1. The Morgan fingerprint density at radius 1 is 1.08 bits per heavy atom. The van der Waals surface area contributed by atoms with Gasteiger partial charge < -0.3 is 9.47 Å². The molecule has 3 aromatic carbocycles. The fourth-order valence-electron chi connectivity index (χ4n) is 4.44. The lowest BCUT2D eigenvalue weighted by atomic mass is 9.96. The summed E-state index contributed by atoms with van der Waals surface area (Å²) in [6, 6.07) is 21.3. The molecule has 2 heterocycles. The van der Waals surface area contributed by atoms with Gasteiger partial charge in [-0.2, -0.15) is 0 Å². The van der Waals surface area contributed by atoms with Gasteiger partial charge in [-0.1, -0.05) is 83.1 Å². The van der Waals surface area contributed by atoms with E-state index >= 15 is 0 Å². The van der Waals surface area contributed by atoms with Gasteiger partial charge in [-0.05, 0) is 55.3 Å². The van der Waals surface area contributed by atoms with Gasteiger partial charge in [-0.15, -0.1) is 0 Å². The summed E-state index contributed by atoms with van der Waals surface area (Å²) in [4.78, 5) is 32.0. The highest BCUT2D eigenvalue weighted by molar-refractivity contribution is 7.07. The number of allylic oxidation sites excluding steroid dienone is 1. The second kappa shape index (κ2) is 11.6. The molecule has 1 aromatic heterocycles. The molecular weight excluding hydrogens is 555 g/mol. The maximum atomic E-state index is 13.9. The average molecular weight is 580 g/mol. The molecule has 0 unspecified atom stereocenters. The first-order chi connectivity index (χ1) is 18.9. The monoisotopic (exact) mass is 578 g/mol. The molecule has 0 N–H and O–H groups in total. The number of hydrogen-bond donors (Lipinski definition) is 0. The summed E-state index contributed by atoms with van der Waals surface area (Å²) in [6.07, 6.45) is 1.78. The Bertz CT molecular complexity index is 1770. The van der Waals surface area contributed by atoms with Crippen molar-refractivity contribution in [3.8, 4) is 5.75 Å². The molecule has 4 aromatic rings. The van der Waals surface area contributed by atoms with E-state index in [-0.39, 0.29) is 17.7 Å². The Morgan fingerprint density at radius 3 is 2.62 bits per heavy atom. The smallest absolute Gasteiger partial charge is 0.338 e. The van der Waals surface area contributed by atoms with Crippen LogP contribution in [0.1, 0.15) is 36.6 Å². The van der Waals surface area contributed by atoms with Crippen LogP contribution in [-0.4, -0.2) is 17.1 Å². The van der Waals surface area contributed by atoms with Crippen LogP contribution in [0.15, 0.2) is 93.9 Å². The van der Waals surface area contributed by atoms with Crippen molar-refractivity contribution in [3.63, 3.8) is 0 Å². The van der Waals surface area contributed by atoms with E-state index in [4.69, 9.17) is 32.7 Å². The molecule has 0 fully saturated rings. The van der Waals surface area contributed by atoms with Crippen molar-refractivity contribution in [2.45, 2.75) is 26.5 Å². The molecule has 5 rings (SSSR count). The fourth-order valence-corrected chi connectivity index (χ4v) is 5.93. The zero-order chi connectivity index (χ0) is 27.5. The molecule has 0 saturated carbocycles. The minimum atomic E-state index is -0.773. The number of rotatable bonds is 7. The molecule has 9 heteroatoms. The van der Waals surface area contributed by atoms with Gasteiger partial charge in [0.2, 0.25) is 0 Å². The van der Waals surface area contributed by atoms with Crippen LogP contribution in [0, 0.1) is 0 Å². The molecule has 0 bridgehead atoms. The largest absolute Gasteiger partial charge is 0.488 e. The Hall–Kier alpha value is -3.65. The van der Waals surface area contributed by atoms with Crippen LogP contribution < -0.4 is 19.6 Å². The molecule has 1 atom stereocenters. The second-order valence-electron chi connectivity index (χ2n) is 8.78. The molecule has 1 aliphatic heterocycles. The van der Waals surface area contributed by atoms with Crippen molar-refractivity contribution in [3.05, 3.63) is 130 Å². The first-order valence-electron chi connectivity index (χ1n) is 12.3. The van der Waals surface area contributed by atoms with Crippen LogP contribution in [0.5, 0.6) is 5.75 Å². The van der Waals surface area contributed by atoms with Gasteiger partial charge in [0, 0.05) is 15.6 Å². The van der Waals surface area contributed by atoms with E-state index in [1.54, 1.807) is 38.1 Å². The van der Waals surface area contributed by atoms with Crippen molar-refractivity contribution in [2.24, 2.45) is 4.99 Å². The number of benzene rings is 3. The van der Waals surface area contributed by atoms with Gasteiger partial charge in [0.1, 0.15) is 18.4 Å². The molecule has 0 saturated heterocycles. The topological polar surface area (TPSA) is 69.9 Å². The lowest BCUT2D eigenvalue weighted by Crippen LogP contribution is -2.40. The molecule has 39 heavy (non-hydrogen) atoms. The van der Waals surface area contributed by atoms with Gasteiger partial charge >= 0.3 is 5.97 Å². The average Bonchev–Trinajstić information content (AvgIpc) is 3.22. The van der Waals surface area contributed by atoms with Crippen molar-refractivity contribution in [1.29, 1.82) is 0 Å². The summed E-state index contributed by atoms with van der Waals surface area (Å²) >= 11 is 13.9. The predicted octanol–water partition coefficient (Wildman–Crippen LogP) is 5.68. The zero-order valence-electron chi connectivity index (χ0n) is 21.2. The van der Waals surface area contributed by atoms with E-state index in [9.17, 15) is 9.59 Å². The van der Waals surface area contributed by atoms with Crippen LogP contribution >= 0.6 is 34.5 Å². The highest BCUT2D eigenvalue weighted by Gasteiger charge is 2.34. The molecular formula is C30H24Cl2N2O4S. The number of carbonyl (C=O) groups is 1. The quantitative estimate of drug-likeness (QED) is 0.264. The first kappa shape index (κ1) is 26.9. The van der Waals surface area contributed by atoms with E-state index in [0.717, 1.165) is 11.1 Å². The number of para-hydroxylation sites is 1. The summed E-state index contributed by atoms with van der Waals surface area (Å²) in [6.45, 7) is 3.99. The minimum Gasteiger partial charge on any atom is -0.488 e. The number of fused-ring (bicyclic) bond motifs is 1. The van der Waals surface area contributed by atoms with Crippen LogP contribution in [0.4, 0.5) is 0 Å². The molecule has 0 radical (unpaired) electrons. The molecule has 0 amide bonds. The third-order valence-corrected chi connectivity index (χ3v) is 7.77. The maximum absolute atomic E-state index is 13.9. The Balaban J connectivity index is 1.61. The number of esters is 1. The number of hydrogen-bond acceptors (Lipinski definition) is 6. The number of aromatic nitrogens is 1. The summed E-state index contributed by atoms with van der Waals surface area (Å²) < 4.78 is 13.4. The van der Waals surface area contributed by atoms with E-state index < -0.39 is 12.0 Å². The van der Waals surface area contributed by atoms with Crippen LogP contribution in [-0.2, 0) is 16.1 Å². The minimum absolute atomic E-state index is 0.196. The second-order valence-corrected chi connectivity index (χ2v) is 10.6. The Labute approximate surface area is 239 Å². The standard InChI is InChI=1S/C30H24Cl2N2O4S/c1-3-37-29(36)26-18(2)33-30-34(27(26)22-12-5-6-13-23(22)32)28(35)25(39-30)16-20-10-4-7-14-24(20)38-17-19-9-8-11-21(31)15-19/h4-16,27H,3,17H2,1-2H3/b25-16-/t27-/m0/s1. The normalized spacial score (nSPS) is 15.1. The predicted molar refractivity (Wildman–Crippen MR) is 154 cm³/mol. The van der Waals surface area contributed by atoms with Crippen molar-refractivity contribution in [1.82, 2.24) is 4.57 Å². The van der Waals surface area contributed by atoms with Gasteiger partial charge in [-0.3, -0.25) is 9.36 Å². The van der Waals surface area contributed by atoms with E-state index in [2.05, 4.69) is 4.99 Å². The molecule has 0 aliphatic carbocycles. The molecule has 198 valence electrons. The van der Waals surface area contributed by atoms with Crippen LogP contribution in [0.3, 0.4) is 0 Å². The number of halogens is 2. The van der Waals surface area contributed by atoms with E-state index in [0.29, 0.717) is 43.0 Å². The summed E-state index contributed by atoms with van der Waals surface area (Å²) in [5.41, 5.74) is 2.77. The summed E-state index contributed by atoms with van der Waals surface area (Å²) in [5, 5.41) is 1.07. The van der Waals surface area contributed by atoms with Crippen molar-refractivity contribution >= 4 is 46.6 Å². The van der Waals surface area contributed by atoms with Gasteiger partial charge in [0.15, 0.2) is 4.80 Å². The molecule has 1 aliphatic rings. The Kier molecular flexibility index (Phi) is 8.02. The van der Waals surface area contributed by atoms with Gasteiger partial charge in [0.25, 0.3) is 5.56 Å². The SMILES string of the molecule is CCOC(=O)C1=C(C)N=c2s/c(=C\c3ccccc3OCc3cccc(Cl)c3)c(=O)n2[C@H]1c1ccccc1Cl. The lowest BCUT2D eigenvalue weighted by molar-refractivity contribution is -0.139. The van der Waals surface area contributed by atoms with Crippen molar-refractivity contribution in [2.75, 3.05) is 6.61 Å². The molecule has 6 nitrogen and oxygen atoms in total. The van der Waals surface area contributed by atoms with Crippen LogP contribution in [0.25, 0.3) is 6.08 Å². The third-order valence-electron chi connectivity index (χ3n) is 6.21. The third kappa shape index (κ3) is 5.57. The van der Waals surface area contributed by atoms with E-state index in [1.165, 1.54) is 15.9 Å². The van der Waals surface area contributed by atoms with E-state index in [1.807, 2.05) is 54.6 Å². The summed E-state index contributed by atoms with van der Waals surface area (Å²) in [5.74, 6) is 0.0899. The number of carbonyl (C=O) groups excluding carboxylic acids is 1. The fraction of sp³-hybridized carbons (Fsp3) is 0.167. The lowest BCUT2D eigenvalue weighted by Gasteiger charge is -2.25. The number of nitrogens with zero attached hydrogens (tertiary/aromatic N) is 2. The van der Waals surface area contributed by atoms with Gasteiger partial charge in [-0.25, -0.2) is 9.79 Å². The highest BCUT2D eigenvalue weighted by atomic mass is 35.5. The van der Waals surface area contributed by atoms with Crippen LogP contribution in [0.2, 0.25) is 10.0 Å². The Morgan fingerprint density at radius 2 is 1.85 bits per heavy atom.